The molecule has 0 N–H and O–H groups in total. The molecule has 8 heteroatoms. The molecule has 0 unspecified atom stereocenters. The highest BCUT2D eigenvalue weighted by Gasteiger charge is 2.06. The maximum atomic E-state index is 5.75. The van der Waals surface area contributed by atoms with E-state index < -0.39 is 0 Å². The van der Waals surface area contributed by atoms with Crippen molar-refractivity contribution < 1.29 is 9.47 Å². The minimum absolute atomic E-state index is 0.512. The normalized spacial score (nSPS) is 11.4. The Balaban J connectivity index is 0.000000127. The van der Waals surface area contributed by atoms with Gasteiger partial charge in [0.15, 0.2) is 0 Å². The number of pyridine rings is 4. The lowest BCUT2D eigenvalue weighted by molar-refractivity contribution is 0.415. The Bertz CT molecular complexity index is 2070. The Hall–Kier alpha value is -5.27. The van der Waals surface area contributed by atoms with E-state index in [1.165, 1.54) is 11.1 Å². The molecule has 212 valence electrons. The summed E-state index contributed by atoms with van der Waals surface area (Å²) in [6.45, 7) is 0. The second-order valence-corrected chi connectivity index (χ2v) is 10.2. The third-order valence-corrected chi connectivity index (χ3v) is 7.34. The van der Waals surface area contributed by atoms with E-state index in [2.05, 4.69) is 44.2 Å². The van der Waals surface area contributed by atoms with Crippen molar-refractivity contribution in [1.82, 2.24) is 24.5 Å². The number of hydrogen-bond donors (Lipinski definition) is 0. The molecule has 0 saturated carbocycles. The van der Waals surface area contributed by atoms with Gasteiger partial charge >= 0.3 is 0 Å². The molecule has 0 radical (unpaired) electrons. The Morgan fingerprint density at radius 2 is 1.37 bits per heavy atom. The molecule has 5 aromatic heterocycles. The zero-order chi connectivity index (χ0) is 29.6. The van der Waals surface area contributed by atoms with Gasteiger partial charge in [0.25, 0.3) is 0 Å². The molecule has 5 heterocycles. The van der Waals surface area contributed by atoms with Crippen LogP contribution in [0.5, 0.6) is 11.5 Å². The van der Waals surface area contributed by atoms with Gasteiger partial charge in [0, 0.05) is 53.3 Å². The minimum Gasteiger partial charge on any atom is -0.497 e. The van der Waals surface area contributed by atoms with Crippen LogP contribution < -0.4 is 9.47 Å². The number of hydrogen-bond acceptors (Lipinski definition) is 6. The van der Waals surface area contributed by atoms with Crippen LogP contribution in [-0.2, 0) is 6.42 Å². The highest BCUT2D eigenvalue weighted by atomic mass is 35.5. The molecule has 0 aliphatic heterocycles. The highest BCUT2D eigenvalue weighted by Crippen LogP contribution is 2.25. The summed E-state index contributed by atoms with van der Waals surface area (Å²) in [7, 11) is 3.31. The van der Waals surface area contributed by atoms with Crippen LogP contribution in [-0.4, -0.2) is 38.7 Å². The Labute approximate surface area is 254 Å². The van der Waals surface area contributed by atoms with Gasteiger partial charge in [0.2, 0.25) is 0 Å². The van der Waals surface area contributed by atoms with Crippen LogP contribution in [0.15, 0.2) is 116 Å². The van der Waals surface area contributed by atoms with Gasteiger partial charge in [-0.25, -0.2) is 9.97 Å². The van der Waals surface area contributed by atoms with Crippen LogP contribution in [0.3, 0.4) is 0 Å². The Kier molecular flexibility index (Phi) is 8.24. The number of allylic oxidation sites excluding steroid dienone is 1. The smallest absolute Gasteiger partial charge is 0.137 e. The predicted octanol–water partition coefficient (Wildman–Crippen LogP) is 8.13. The summed E-state index contributed by atoms with van der Waals surface area (Å²) in [5.74, 6) is 2.56. The van der Waals surface area contributed by atoms with Crippen molar-refractivity contribution in [3.05, 3.63) is 132 Å². The van der Waals surface area contributed by atoms with E-state index in [1.807, 2.05) is 90.1 Å². The van der Waals surface area contributed by atoms with Gasteiger partial charge in [0.1, 0.15) is 22.5 Å². The summed E-state index contributed by atoms with van der Waals surface area (Å²) >= 11 is 5.75. The maximum absolute atomic E-state index is 5.75. The van der Waals surface area contributed by atoms with Gasteiger partial charge in [-0.1, -0.05) is 35.9 Å². The van der Waals surface area contributed by atoms with Crippen molar-refractivity contribution in [3.63, 3.8) is 0 Å². The molecular weight excluding hydrogens is 558 g/mol. The molecule has 2 aromatic carbocycles. The molecule has 0 amide bonds. The SMILES string of the molecule is C1=Cc2ccncc2C1.COc1ccc2cc(-n3ccc4ccncc43)ncc2c1.COc1ccc2cc(Cl)ncc2c1. The van der Waals surface area contributed by atoms with Crippen molar-refractivity contribution in [2.24, 2.45) is 0 Å². The van der Waals surface area contributed by atoms with Crippen molar-refractivity contribution in [1.29, 1.82) is 0 Å². The van der Waals surface area contributed by atoms with Crippen molar-refractivity contribution >= 4 is 50.1 Å². The number of ether oxygens (including phenoxy) is 2. The first-order valence-corrected chi connectivity index (χ1v) is 14.0. The fourth-order valence-corrected chi connectivity index (χ4v) is 5.01. The number of fused-ring (bicyclic) bond motifs is 4. The molecule has 43 heavy (non-hydrogen) atoms. The second-order valence-electron chi connectivity index (χ2n) is 9.78. The first-order chi connectivity index (χ1) is 21.1. The molecule has 1 aliphatic carbocycles. The third-order valence-electron chi connectivity index (χ3n) is 7.13. The first kappa shape index (κ1) is 27.9. The summed E-state index contributed by atoms with van der Waals surface area (Å²) in [5.41, 5.74) is 3.72. The summed E-state index contributed by atoms with van der Waals surface area (Å²) in [5, 5.41) is 5.96. The van der Waals surface area contributed by atoms with E-state index in [0.717, 1.165) is 56.2 Å². The van der Waals surface area contributed by atoms with Gasteiger partial charge in [-0.05, 0) is 82.9 Å². The lowest BCUT2D eigenvalue weighted by Gasteiger charge is -2.07. The molecule has 0 spiro atoms. The quantitative estimate of drug-likeness (QED) is 0.195. The second kappa shape index (κ2) is 12.7. The van der Waals surface area contributed by atoms with Gasteiger partial charge in [-0.2, -0.15) is 0 Å². The zero-order valence-electron chi connectivity index (χ0n) is 23.7. The fourth-order valence-electron chi connectivity index (χ4n) is 4.84. The van der Waals surface area contributed by atoms with Crippen LogP contribution in [0, 0.1) is 0 Å². The van der Waals surface area contributed by atoms with Crippen LogP contribution in [0.1, 0.15) is 11.1 Å². The molecular formula is C35H28ClN5O2. The molecule has 0 atom stereocenters. The Morgan fingerprint density at radius 3 is 2.12 bits per heavy atom. The number of aromatic nitrogens is 5. The molecule has 0 saturated heterocycles. The largest absolute Gasteiger partial charge is 0.497 e. The fraction of sp³-hybridized carbons (Fsp3) is 0.0857. The first-order valence-electron chi connectivity index (χ1n) is 13.7. The zero-order valence-corrected chi connectivity index (χ0v) is 24.4. The lowest BCUT2D eigenvalue weighted by atomic mass is 10.1. The van der Waals surface area contributed by atoms with Crippen LogP contribution in [0.2, 0.25) is 5.15 Å². The van der Waals surface area contributed by atoms with Crippen LogP contribution in [0.25, 0.3) is 44.3 Å². The number of nitrogens with zero attached hydrogens (tertiary/aromatic N) is 5. The molecule has 7 aromatic rings. The van der Waals surface area contributed by atoms with Gasteiger partial charge in [-0.15, -0.1) is 0 Å². The summed E-state index contributed by atoms with van der Waals surface area (Å²) in [6, 6.07) is 21.8. The molecule has 8 rings (SSSR count). The summed E-state index contributed by atoms with van der Waals surface area (Å²) in [4.78, 5) is 16.8. The third kappa shape index (κ3) is 6.32. The van der Waals surface area contributed by atoms with E-state index in [4.69, 9.17) is 21.1 Å². The number of halogens is 1. The molecule has 7 nitrogen and oxygen atoms in total. The molecule has 0 fully saturated rings. The highest BCUT2D eigenvalue weighted by molar-refractivity contribution is 6.30. The van der Waals surface area contributed by atoms with E-state index >= 15 is 0 Å². The van der Waals surface area contributed by atoms with E-state index in [-0.39, 0.29) is 0 Å². The number of methoxy groups -OCH3 is 2. The Morgan fingerprint density at radius 1 is 0.674 bits per heavy atom. The van der Waals surface area contributed by atoms with Crippen molar-refractivity contribution in [2.45, 2.75) is 6.42 Å². The lowest BCUT2D eigenvalue weighted by Crippen LogP contribution is -1.95. The van der Waals surface area contributed by atoms with E-state index in [1.54, 1.807) is 26.6 Å². The van der Waals surface area contributed by atoms with E-state index in [0.29, 0.717) is 5.15 Å². The maximum Gasteiger partial charge on any atom is 0.137 e. The van der Waals surface area contributed by atoms with Gasteiger partial charge < -0.3 is 9.47 Å². The van der Waals surface area contributed by atoms with Gasteiger partial charge in [0.05, 0.1) is 25.9 Å². The monoisotopic (exact) mass is 585 g/mol. The topological polar surface area (TPSA) is 75.0 Å². The summed E-state index contributed by atoms with van der Waals surface area (Å²) in [6.07, 6.45) is 18.4. The molecule has 0 bridgehead atoms. The average Bonchev–Trinajstić information content (AvgIpc) is 3.72. The van der Waals surface area contributed by atoms with Gasteiger partial charge in [-0.3, -0.25) is 14.5 Å². The van der Waals surface area contributed by atoms with Crippen LogP contribution >= 0.6 is 11.6 Å². The number of benzene rings is 2. The van der Waals surface area contributed by atoms with E-state index in [9.17, 15) is 0 Å². The summed E-state index contributed by atoms with van der Waals surface area (Å²) < 4.78 is 12.4. The van der Waals surface area contributed by atoms with Crippen molar-refractivity contribution in [3.8, 4) is 17.3 Å². The van der Waals surface area contributed by atoms with Crippen LogP contribution in [0.4, 0.5) is 0 Å². The average molecular weight is 586 g/mol. The number of rotatable bonds is 3. The standard InChI is InChI=1S/C17H13N3O.C10H8ClNO.C8H7N/c1-21-15-3-2-13-9-17(19-10-14(13)8-15)20-7-5-12-4-6-18-11-16(12)20;1-13-9-3-2-7-5-10(11)12-6-8(7)4-9;1-2-7-4-5-9-6-8(7)3-1/h2-11H,1H3;2-6H,1H3;1-2,4-6H,3H2. The minimum atomic E-state index is 0.512. The molecule has 1 aliphatic rings. The predicted molar refractivity (Wildman–Crippen MR) is 173 cm³/mol. The van der Waals surface area contributed by atoms with Crippen molar-refractivity contribution in [2.75, 3.05) is 14.2 Å².